The van der Waals surface area contributed by atoms with Gasteiger partial charge in [0.2, 0.25) is 5.91 Å². The number of aryl methyl sites for hydroxylation is 2. The minimum Gasteiger partial charge on any atom is -0.483 e. The number of nitrogens with one attached hydrogen (secondary N) is 1. The van der Waals surface area contributed by atoms with Gasteiger partial charge in [0.15, 0.2) is 0 Å². The Morgan fingerprint density at radius 2 is 1.92 bits per heavy atom. The van der Waals surface area contributed by atoms with Crippen LogP contribution >= 0.6 is 0 Å². The molecule has 2 aromatic rings. The quantitative estimate of drug-likeness (QED) is 0.543. The number of nitrogens with zero attached hydrogens (tertiary/aromatic N) is 2. The molecule has 1 heterocycles. The van der Waals surface area contributed by atoms with Crippen molar-refractivity contribution in [1.29, 1.82) is 0 Å². The Morgan fingerprint density at radius 3 is 2.50 bits per heavy atom. The Hall–Kier alpha value is -3.72. The third-order valence-electron chi connectivity index (χ3n) is 6.46. The van der Waals surface area contributed by atoms with Crippen molar-refractivity contribution in [2.45, 2.75) is 32.9 Å². The number of hydrogen-bond acceptors (Lipinski definition) is 5. The van der Waals surface area contributed by atoms with Crippen molar-refractivity contribution in [2.24, 2.45) is 0 Å². The lowest BCUT2D eigenvalue weighted by Crippen LogP contribution is -2.54. The average Bonchev–Trinajstić information content (AvgIpc) is 2.84. The molecule has 3 rings (SSSR count). The number of ether oxygens (including phenoxy) is 1. The van der Waals surface area contributed by atoms with Gasteiger partial charge in [0.05, 0.1) is 0 Å². The molecule has 0 unspecified atom stereocenters. The molecule has 8 nitrogen and oxygen atoms in total. The first-order valence-electron chi connectivity index (χ1n) is 11.7. The largest absolute Gasteiger partial charge is 0.483 e. The number of piperazine rings is 1. The van der Waals surface area contributed by atoms with Crippen molar-refractivity contribution in [1.82, 2.24) is 15.1 Å². The maximum Gasteiger partial charge on any atom is 0.339 e. The Morgan fingerprint density at radius 1 is 1.19 bits per heavy atom. The molecule has 0 bridgehead atoms. The molecule has 0 aliphatic carbocycles. The van der Waals surface area contributed by atoms with Crippen molar-refractivity contribution in [3.63, 3.8) is 0 Å². The van der Waals surface area contributed by atoms with Crippen molar-refractivity contribution < 1.29 is 28.6 Å². The zero-order chi connectivity index (χ0) is 26.6. The Kier molecular flexibility index (Phi) is 8.47. The number of carboxylic acid groups (broad SMARTS) is 1. The summed E-state index contributed by atoms with van der Waals surface area (Å²) in [6, 6.07) is 7.56. The molecule has 0 aromatic heterocycles. The Labute approximate surface area is 210 Å². The van der Waals surface area contributed by atoms with Crippen LogP contribution in [0.15, 0.2) is 43.0 Å². The van der Waals surface area contributed by atoms with Gasteiger partial charge in [-0.3, -0.25) is 14.5 Å². The van der Waals surface area contributed by atoms with Crippen LogP contribution in [-0.2, 0) is 4.79 Å². The highest BCUT2D eigenvalue weighted by atomic mass is 19.1. The third kappa shape index (κ3) is 5.91. The van der Waals surface area contributed by atoms with E-state index in [-0.39, 0.29) is 34.6 Å². The fourth-order valence-electron chi connectivity index (χ4n) is 4.38. The van der Waals surface area contributed by atoms with E-state index in [9.17, 15) is 23.9 Å². The summed E-state index contributed by atoms with van der Waals surface area (Å²) in [5.74, 6) is -2.07. The lowest BCUT2D eigenvalue weighted by molar-refractivity contribution is -0.130. The highest BCUT2D eigenvalue weighted by Gasteiger charge is 2.29. The maximum absolute atomic E-state index is 14.5. The van der Waals surface area contributed by atoms with Crippen molar-refractivity contribution in [2.75, 3.05) is 33.2 Å². The summed E-state index contributed by atoms with van der Waals surface area (Å²) < 4.78 is 20.7. The number of aromatic carboxylic acids is 1. The summed E-state index contributed by atoms with van der Waals surface area (Å²) in [6.45, 7) is 10.8. The van der Waals surface area contributed by atoms with E-state index in [1.165, 1.54) is 31.3 Å². The minimum absolute atomic E-state index is 0.0664. The van der Waals surface area contributed by atoms with E-state index in [4.69, 9.17) is 4.74 Å². The zero-order valence-corrected chi connectivity index (χ0v) is 21.0. The molecule has 1 saturated heterocycles. The maximum atomic E-state index is 14.5. The fourth-order valence-corrected chi connectivity index (χ4v) is 4.38. The molecule has 1 aliphatic rings. The number of amides is 2. The van der Waals surface area contributed by atoms with Gasteiger partial charge in [-0.25, -0.2) is 9.18 Å². The van der Waals surface area contributed by atoms with E-state index in [0.717, 1.165) is 0 Å². The fraction of sp³-hybridized carbons (Fsp3) is 0.370. The standard InChI is InChI=1S/C27H32FN3O5/c1-6-25(32)31-10-9-30(14-18(31)4)15-24(19-8-7-16(2)22(28)12-19)36-23-11-17(3)20(26(33)29-5)13-21(23)27(34)35/h6-8,11-13,18,24H,1,9-10,14-15H2,2-5H3,(H,29,33)(H,34,35)/t18-,24+/m1/s1. The van der Waals surface area contributed by atoms with Gasteiger partial charge in [-0.1, -0.05) is 18.7 Å². The smallest absolute Gasteiger partial charge is 0.339 e. The highest BCUT2D eigenvalue weighted by Crippen LogP contribution is 2.30. The van der Waals surface area contributed by atoms with Crippen molar-refractivity contribution in [3.05, 3.63) is 76.6 Å². The van der Waals surface area contributed by atoms with Crippen LogP contribution in [0, 0.1) is 19.7 Å². The average molecular weight is 498 g/mol. The number of carbonyl (C=O) groups is 3. The predicted octanol–water partition coefficient (Wildman–Crippen LogP) is 3.34. The van der Waals surface area contributed by atoms with E-state index < -0.39 is 18.0 Å². The van der Waals surface area contributed by atoms with Crippen LogP contribution in [-0.4, -0.2) is 72.0 Å². The minimum atomic E-state index is -1.24. The van der Waals surface area contributed by atoms with Crippen LogP contribution in [0.1, 0.15) is 50.4 Å². The summed E-state index contributed by atoms with van der Waals surface area (Å²) in [5, 5.41) is 12.3. The molecule has 192 valence electrons. The van der Waals surface area contributed by atoms with E-state index in [1.54, 1.807) is 30.9 Å². The molecule has 2 aromatic carbocycles. The van der Waals surface area contributed by atoms with E-state index in [1.807, 2.05) is 6.92 Å². The zero-order valence-electron chi connectivity index (χ0n) is 21.0. The lowest BCUT2D eigenvalue weighted by atomic mass is 10.0. The molecule has 1 aliphatic heterocycles. The molecule has 9 heteroatoms. The molecule has 2 atom stereocenters. The highest BCUT2D eigenvalue weighted by molar-refractivity contribution is 6.00. The van der Waals surface area contributed by atoms with Crippen LogP contribution in [0.25, 0.3) is 0 Å². The van der Waals surface area contributed by atoms with E-state index in [0.29, 0.717) is 42.9 Å². The summed E-state index contributed by atoms with van der Waals surface area (Å²) in [5.41, 5.74) is 1.66. The molecule has 0 radical (unpaired) electrons. The molecule has 0 spiro atoms. The molecular weight excluding hydrogens is 465 g/mol. The van der Waals surface area contributed by atoms with Crippen LogP contribution in [0.2, 0.25) is 0 Å². The number of hydrogen-bond donors (Lipinski definition) is 2. The van der Waals surface area contributed by atoms with Crippen molar-refractivity contribution >= 4 is 17.8 Å². The normalized spacial score (nSPS) is 16.8. The predicted molar refractivity (Wildman–Crippen MR) is 134 cm³/mol. The van der Waals surface area contributed by atoms with E-state index >= 15 is 0 Å². The van der Waals surface area contributed by atoms with Crippen LogP contribution < -0.4 is 10.1 Å². The molecule has 2 amide bonds. The topological polar surface area (TPSA) is 99.2 Å². The summed E-state index contributed by atoms with van der Waals surface area (Å²) >= 11 is 0. The monoisotopic (exact) mass is 497 g/mol. The number of carbonyl (C=O) groups excluding carboxylic acids is 2. The molecule has 36 heavy (non-hydrogen) atoms. The SMILES string of the molecule is C=CC(=O)N1CCN(C[C@H](Oc2cc(C)c(C(=O)NC)cc2C(=O)O)c2ccc(C)c(F)c2)C[C@H]1C. The van der Waals surface area contributed by atoms with Gasteiger partial charge < -0.3 is 20.1 Å². The van der Waals surface area contributed by atoms with Crippen LogP contribution in [0.4, 0.5) is 4.39 Å². The van der Waals surface area contributed by atoms with Gasteiger partial charge in [-0.2, -0.15) is 0 Å². The van der Waals surface area contributed by atoms with Gasteiger partial charge in [0.1, 0.15) is 23.2 Å². The lowest BCUT2D eigenvalue weighted by Gasteiger charge is -2.40. The second-order valence-corrected chi connectivity index (χ2v) is 9.01. The number of benzene rings is 2. The van der Waals surface area contributed by atoms with Gasteiger partial charge >= 0.3 is 5.97 Å². The molecule has 2 N–H and O–H groups in total. The second-order valence-electron chi connectivity index (χ2n) is 9.01. The Bertz CT molecular complexity index is 1180. The molecule has 1 fully saturated rings. The molecule has 0 saturated carbocycles. The third-order valence-corrected chi connectivity index (χ3v) is 6.46. The molecular formula is C27H32FN3O5. The number of halogens is 1. The first-order chi connectivity index (χ1) is 17.0. The summed E-state index contributed by atoms with van der Waals surface area (Å²) in [4.78, 5) is 40.2. The number of rotatable bonds is 8. The number of carboxylic acids is 1. The Balaban J connectivity index is 1.95. The second kappa shape index (κ2) is 11.3. The van der Waals surface area contributed by atoms with Crippen molar-refractivity contribution in [3.8, 4) is 5.75 Å². The van der Waals surface area contributed by atoms with Gasteiger partial charge in [-0.15, -0.1) is 0 Å². The van der Waals surface area contributed by atoms with Crippen LogP contribution in [0.3, 0.4) is 0 Å². The van der Waals surface area contributed by atoms with Gasteiger partial charge in [-0.05, 0) is 61.7 Å². The summed E-state index contributed by atoms with van der Waals surface area (Å²) in [6.07, 6.45) is 0.600. The van der Waals surface area contributed by atoms with Gasteiger partial charge in [0, 0.05) is 44.8 Å². The van der Waals surface area contributed by atoms with Crippen LogP contribution in [0.5, 0.6) is 5.75 Å². The summed E-state index contributed by atoms with van der Waals surface area (Å²) in [7, 11) is 1.47. The first kappa shape index (κ1) is 26.9. The first-order valence-corrected chi connectivity index (χ1v) is 11.7. The van der Waals surface area contributed by atoms with Gasteiger partial charge in [0.25, 0.3) is 5.91 Å². The van der Waals surface area contributed by atoms with E-state index in [2.05, 4.69) is 16.8 Å².